The zero-order valence-electron chi connectivity index (χ0n) is 28.6. The van der Waals surface area contributed by atoms with Crippen molar-refractivity contribution in [2.45, 2.75) is 106 Å². The molecule has 2 aliphatic rings. The van der Waals surface area contributed by atoms with E-state index in [0.717, 1.165) is 44.1 Å². The van der Waals surface area contributed by atoms with Gasteiger partial charge >= 0.3 is 32.1 Å². The molecule has 0 amide bonds. The fourth-order valence-electron chi connectivity index (χ4n) is 7.50. The summed E-state index contributed by atoms with van der Waals surface area (Å²) in [5.41, 5.74) is 9.07. The second kappa shape index (κ2) is 15.5. The van der Waals surface area contributed by atoms with Crippen molar-refractivity contribution >= 4 is 31.5 Å². The summed E-state index contributed by atoms with van der Waals surface area (Å²) in [6.45, 7) is 9.11. The van der Waals surface area contributed by atoms with E-state index >= 15 is 0 Å². The molecule has 0 spiro atoms. The molecule has 0 atom stereocenters. The van der Waals surface area contributed by atoms with Gasteiger partial charge in [-0.2, -0.15) is 0 Å². The third kappa shape index (κ3) is 8.86. The van der Waals surface area contributed by atoms with E-state index in [1.54, 1.807) is 0 Å². The van der Waals surface area contributed by atoms with Gasteiger partial charge in [-0.25, -0.2) is 0 Å². The van der Waals surface area contributed by atoms with Crippen LogP contribution in [-0.4, -0.2) is 20.6 Å². The van der Waals surface area contributed by atoms with Crippen LogP contribution in [0.3, 0.4) is 0 Å². The van der Waals surface area contributed by atoms with Gasteiger partial charge in [0.05, 0.1) is 10.9 Å². The predicted octanol–water partition coefficient (Wildman–Crippen LogP) is 9.48. The van der Waals surface area contributed by atoms with E-state index in [4.69, 9.17) is 0 Å². The molecule has 9 heteroatoms. The molecule has 0 N–H and O–H groups in total. The Balaban J connectivity index is 0.000000710. The number of benzene rings is 4. The number of halogens is 6. The van der Waals surface area contributed by atoms with Gasteiger partial charge in [0.25, 0.3) is 0 Å². The number of rotatable bonds is 9. The predicted molar refractivity (Wildman–Crippen MR) is 189 cm³/mol. The Kier molecular flexibility index (Phi) is 12.3. The number of Topliss-reactive ketones (excluding diaryl/α,β-unsaturated/α-hetero) is 1. The largest absolute Gasteiger partial charge is 1.00 e. The van der Waals surface area contributed by atoms with Gasteiger partial charge in [0.1, 0.15) is 0 Å². The van der Waals surface area contributed by atoms with E-state index in [9.17, 15) is 22.1 Å². The molecular weight excluding hydrogens is 717 g/mol. The molecule has 0 radical (unpaired) electrons. The molecule has 0 bridgehead atoms. The first-order valence-electron chi connectivity index (χ1n) is 17.1. The Bertz CT molecular complexity index is 1670. The molecule has 49 heavy (non-hydrogen) atoms. The molecule has 0 saturated heterocycles. The molecule has 0 heterocycles. The molecule has 0 aromatic heterocycles. The molecule has 4 aromatic rings. The van der Waals surface area contributed by atoms with Crippen LogP contribution in [0.1, 0.15) is 105 Å². The molecule has 6 rings (SSSR count). The first-order chi connectivity index (χ1) is 22.8. The van der Waals surface area contributed by atoms with E-state index in [2.05, 4.69) is 113 Å². The molecule has 264 valence electrons. The second-order valence-electron chi connectivity index (χ2n) is 12.9. The van der Waals surface area contributed by atoms with Crippen molar-refractivity contribution in [1.29, 1.82) is 0 Å². The summed E-state index contributed by atoms with van der Waals surface area (Å²) >= 11 is -8.99. The first-order valence-corrected chi connectivity index (χ1v) is 21.9. The number of aryl methyl sites for hydroxylation is 2. The third-order valence-corrected chi connectivity index (χ3v) is 12.4. The van der Waals surface area contributed by atoms with Gasteiger partial charge in [-0.05, 0) is 120 Å². The van der Waals surface area contributed by atoms with Crippen LogP contribution in [0.5, 0.6) is 0 Å². The number of carbonyl (C=O) groups is 1. The fourth-order valence-corrected chi connectivity index (χ4v) is 9.57. The quantitative estimate of drug-likeness (QED) is 0.0719. The van der Waals surface area contributed by atoms with Gasteiger partial charge < -0.3 is 4.70 Å². The monoisotopic (exact) mass is 762 g/mol. The molecule has 1 saturated carbocycles. The smallest absolute Gasteiger partial charge is 1.00 e. The maximum Gasteiger partial charge on any atom is -1.00 e. The van der Waals surface area contributed by atoms with Crippen molar-refractivity contribution in [2.24, 2.45) is 5.92 Å². The number of carbonyl (C=O) groups excluding carboxylic acids is 1. The van der Waals surface area contributed by atoms with Crippen molar-refractivity contribution in [3.63, 3.8) is 0 Å². The van der Waals surface area contributed by atoms with Gasteiger partial charge in [-0.1, -0.05) is 83.4 Å². The summed E-state index contributed by atoms with van der Waals surface area (Å²) in [5.74, 6) is 0.563. The van der Waals surface area contributed by atoms with Crippen molar-refractivity contribution in [1.82, 2.24) is 0 Å². The Morgan fingerprint density at radius 3 is 1.53 bits per heavy atom. The van der Waals surface area contributed by atoms with Crippen LogP contribution in [0, 0.1) is 5.92 Å². The Morgan fingerprint density at radius 1 is 0.653 bits per heavy atom. The Morgan fingerprint density at radius 2 is 1.08 bits per heavy atom. The van der Waals surface area contributed by atoms with Crippen molar-refractivity contribution < 1.29 is 26.8 Å². The van der Waals surface area contributed by atoms with Gasteiger partial charge in [0.2, 0.25) is 0 Å². The molecular formula is C40H45AsF6OS. The molecule has 1 nitrogen and oxygen atoms in total. The van der Waals surface area contributed by atoms with Crippen molar-refractivity contribution in [3.05, 3.63) is 113 Å². The summed E-state index contributed by atoms with van der Waals surface area (Å²) in [5, 5.41) is 0. The average Bonchev–Trinajstić information content (AvgIpc) is 3.36. The van der Waals surface area contributed by atoms with Crippen LogP contribution in [0.4, 0.5) is 17.3 Å². The van der Waals surface area contributed by atoms with Crippen LogP contribution in [-0.2, 0) is 29.2 Å². The number of hydrogen-bond donors (Lipinski definition) is 0. The maximum atomic E-state index is 13.6. The minimum absolute atomic E-state index is 0. The summed E-state index contributed by atoms with van der Waals surface area (Å²) in [6, 6.07) is 32.5. The minimum atomic E-state index is -8.99. The Hall–Kier alpha value is -2.96. The molecule has 0 aliphatic heterocycles. The van der Waals surface area contributed by atoms with Gasteiger partial charge in [-0.15, -0.1) is 0 Å². The third-order valence-electron chi connectivity index (χ3n) is 10.2. The summed E-state index contributed by atoms with van der Waals surface area (Å²) < 4.78 is 49.4. The number of ketones is 1. The molecule has 2 aliphatic carbocycles. The maximum absolute atomic E-state index is 13.6. The van der Waals surface area contributed by atoms with Gasteiger partial charge in [-0.3, -0.25) is 4.79 Å². The number of hydrogen-bond acceptors (Lipinski definition) is 1. The van der Waals surface area contributed by atoms with Gasteiger partial charge in [0, 0.05) is 16.9 Å². The fraction of sp³-hybridized carbons (Fsp3) is 0.375. The Labute approximate surface area is 292 Å². The van der Waals surface area contributed by atoms with E-state index in [-0.39, 0.29) is 26.9 Å². The first kappa shape index (κ1) is 38.8. The van der Waals surface area contributed by atoms with Crippen molar-refractivity contribution in [3.8, 4) is 11.1 Å². The zero-order chi connectivity index (χ0) is 34.7. The van der Waals surface area contributed by atoms with E-state index < -0.39 is 14.8 Å². The van der Waals surface area contributed by atoms with Crippen LogP contribution in [0.25, 0.3) is 11.1 Å². The van der Waals surface area contributed by atoms with Crippen LogP contribution < -0.4 is 4.70 Å². The van der Waals surface area contributed by atoms with Crippen LogP contribution in [0.2, 0.25) is 0 Å². The molecule has 4 aromatic carbocycles. The minimum Gasteiger partial charge on any atom is -1.00 e. The normalized spacial score (nSPS) is 16.0. The summed E-state index contributed by atoms with van der Waals surface area (Å²) in [7, 11) is -0.199. The second-order valence-corrected chi connectivity index (χ2v) is 17.6. The average molecular weight is 763 g/mol. The van der Waals surface area contributed by atoms with Crippen molar-refractivity contribution in [2.75, 3.05) is 0 Å². The van der Waals surface area contributed by atoms with E-state index in [1.165, 1.54) is 67.3 Å². The molecule has 1 fully saturated rings. The van der Waals surface area contributed by atoms with E-state index in [1.807, 2.05) is 0 Å². The topological polar surface area (TPSA) is 17.1 Å². The van der Waals surface area contributed by atoms with E-state index in [0.29, 0.717) is 5.78 Å². The van der Waals surface area contributed by atoms with Gasteiger partial charge in [0.15, 0.2) is 20.5 Å². The zero-order valence-corrected chi connectivity index (χ0v) is 31.2. The summed E-state index contributed by atoms with van der Waals surface area (Å²) in [6.07, 6.45) is 9.90. The number of fused-ring (bicyclic) bond motifs is 3. The van der Waals surface area contributed by atoms with Crippen LogP contribution in [0.15, 0.2) is 99.6 Å². The molecule has 0 unspecified atom stereocenters. The SMILES string of the molecule is CCc1ccc([S+](c2ccc(CC)cc2)c2ccc3c(c2)C(CC)(CC)c2cc(C(=O)C4CCCCC4)ccc2-3)cc1.F[As](F)(F)(F)F.[F-]. The summed E-state index contributed by atoms with van der Waals surface area (Å²) in [4.78, 5) is 17.7. The standard InChI is InChI=1S/C40H45OS.AsF5.FH/c1-5-28-14-19-32(20-15-28)42(33-21-16-29(6-2)17-22-33)34-23-25-36-35-24-18-31(39(41)30-12-10-9-11-13-30)26-37(35)40(7-3,8-4)38(36)27-34;2-1(3,4,5)6;/h14-27,30H,5-13H2,1-4H3;;1H/q+1;;/p-1. The van der Waals surface area contributed by atoms with Crippen LogP contribution >= 0.6 is 0 Å².